The molecule has 0 amide bonds. The Hall–Kier alpha value is -1.77. The van der Waals surface area contributed by atoms with Gasteiger partial charge in [0, 0.05) is 10.9 Å². The van der Waals surface area contributed by atoms with Crippen LogP contribution in [-0.4, -0.2) is 16.1 Å². The number of hydrogen-bond acceptors (Lipinski definition) is 1. The van der Waals surface area contributed by atoms with Crippen molar-refractivity contribution in [2.45, 2.75) is 19.8 Å². The molecule has 0 fully saturated rings. The molecule has 0 atom stereocenters. The molecule has 1 aromatic carbocycles. The summed E-state index contributed by atoms with van der Waals surface area (Å²) >= 11 is 0. The van der Waals surface area contributed by atoms with E-state index in [-0.39, 0.29) is 5.69 Å². The fourth-order valence-electron chi connectivity index (χ4n) is 1.63. The van der Waals surface area contributed by atoms with Crippen LogP contribution in [0.5, 0.6) is 0 Å². The highest BCUT2D eigenvalue weighted by atomic mass is 16.4. The first-order valence-electron chi connectivity index (χ1n) is 4.94. The largest absolute Gasteiger partial charge is 0.477 e. The van der Waals surface area contributed by atoms with Crippen molar-refractivity contribution < 1.29 is 9.90 Å². The zero-order valence-electron chi connectivity index (χ0n) is 8.74. The molecule has 0 unspecified atom stereocenters. The van der Waals surface area contributed by atoms with Gasteiger partial charge in [0.1, 0.15) is 5.69 Å². The number of carboxylic acid groups (broad SMARTS) is 1. The number of aromatic carboxylic acids is 1. The van der Waals surface area contributed by atoms with E-state index in [2.05, 4.69) is 18.8 Å². The molecule has 3 heteroatoms. The molecule has 0 bridgehead atoms. The summed E-state index contributed by atoms with van der Waals surface area (Å²) in [5.74, 6) is -0.463. The van der Waals surface area contributed by atoms with Gasteiger partial charge in [-0.15, -0.1) is 0 Å². The normalized spacial score (nSPS) is 11.1. The molecule has 78 valence electrons. The molecule has 0 aliphatic rings. The van der Waals surface area contributed by atoms with Crippen molar-refractivity contribution in [1.82, 2.24) is 4.98 Å². The topological polar surface area (TPSA) is 53.1 Å². The lowest BCUT2D eigenvalue weighted by Crippen LogP contribution is -1.94. The van der Waals surface area contributed by atoms with Gasteiger partial charge in [0.2, 0.25) is 0 Å². The average Bonchev–Trinajstić information content (AvgIpc) is 2.59. The van der Waals surface area contributed by atoms with Crippen LogP contribution in [0, 0.1) is 0 Å². The molecule has 1 aromatic heterocycles. The summed E-state index contributed by atoms with van der Waals surface area (Å²) < 4.78 is 0. The number of carbonyl (C=O) groups is 1. The molecule has 1 heterocycles. The fraction of sp³-hybridized carbons (Fsp3) is 0.250. The minimum Gasteiger partial charge on any atom is -0.477 e. The molecule has 0 spiro atoms. The Kier molecular flexibility index (Phi) is 2.23. The van der Waals surface area contributed by atoms with Crippen molar-refractivity contribution in [3.8, 4) is 0 Å². The van der Waals surface area contributed by atoms with Gasteiger partial charge in [0.15, 0.2) is 0 Å². The van der Waals surface area contributed by atoms with E-state index >= 15 is 0 Å². The smallest absolute Gasteiger partial charge is 0.352 e. The highest BCUT2D eigenvalue weighted by molar-refractivity contribution is 5.93. The quantitative estimate of drug-likeness (QED) is 0.788. The minimum absolute atomic E-state index is 0.242. The van der Waals surface area contributed by atoms with Crippen LogP contribution in [0.1, 0.15) is 35.8 Å². The zero-order chi connectivity index (χ0) is 11.0. The van der Waals surface area contributed by atoms with Gasteiger partial charge in [0.25, 0.3) is 0 Å². The van der Waals surface area contributed by atoms with Gasteiger partial charge in [0.05, 0.1) is 0 Å². The van der Waals surface area contributed by atoms with Crippen molar-refractivity contribution in [3.05, 3.63) is 35.5 Å². The van der Waals surface area contributed by atoms with Crippen LogP contribution in [0.25, 0.3) is 10.9 Å². The molecular formula is C12H13NO2. The molecule has 2 aromatic rings. The van der Waals surface area contributed by atoms with E-state index in [0.29, 0.717) is 5.92 Å². The van der Waals surface area contributed by atoms with E-state index in [4.69, 9.17) is 5.11 Å². The third kappa shape index (κ3) is 1.73. The third-order valence-electron chi connectivity index (χ3n) is 2.54. The molecule has 3 nitrogen and oxygen atoms in total. The Bertz CT molecular complexity index is 511. The molecule has 2 N–H and O–H groups in total. The Morgan fingerprint density at radius 3 is 2.67 bits per heavy atom. The highest BCUT2D eigenvalue weighted by Crippen LogP contribution is 2.21. The molecule has 0 radical (unpaired) electrons. The summed E-state index contributed by atoms with van der Waals surface area (Å²) in [6.45, 7) is 4.23. The average molecular weight is 203 g/mol. The zero-order valence-corrected chi connectivity index (χ0v) is 8.74. The summed E-state index contributed by atoms with van der Waals surface area (Å²) in [6.07, 6.45) is 0. The van der Waals surface area contributed by atoms with Crippen LogP contribution in [-0.2, 0) is 0 Å². The first kappa shape index (κ1) is 9.77. The van der Waals surface area contributed by atoms with Gasteiger partial charge in [-0.05, 0) is 29.7 Å². The van der Waals surface area contributed by atoms with Crippen molar-refractivity contribution in [2.24, 2.45) is 0 Å². The number of benzene rings is 1. The molecular weight excluding hydrogens is 190 g/mol. The van der Waals surface area contributed by atoms with Gasteiger partial charge in [-0.2, -0.15) is 0 Å². The Labute approximate surface area is 87.7 Å². The first-order chi connectivity index (χ1) is 7.08. The number of nitrogens with one attached hydrogen (secondary N) is 1. The van der Waals surface area contributed by atoms with E-state index in [1.54, 1.807) is 6.07 Å². The van der Waals surface area contributed by atoms with Gasteiger partial charge >= 0.3 is 5.97 Å². The first-order valence-corrected chi connectivity index (χ1v) is 4.94. The van der Waals surface area contributed by atoms with Crippen molar-refractivity contribution in [2.75, 3.05) is 0 Å². The number of H-pyrrole nitrogens is 1. The van der Waals surface area contributed by atoms with Gasteiger partial charge in [-0.25, -0.2) is 4.79 Å². The van der Waals surface area contributed by atoms with E-state index in [1.165, 1.54) is 5.56 Å². The van der Waals surface area contributed by atoms with Crippen LogP contribution in [0.15, 0.2) is 24.3 Å². The number of rotatable bonds is 2. The predicted molar refractivity (Wildman–Crippen MR) is 59.3 cm³/mol. The van der Waals surface area contributed by atoms with Crippen LogP contribution >= 0.6 is 0 Å². The van der Waals surface area contributed by atoms with Crippen LogP contribution in [0.4, 0.5) is 0 Å². The van der Waals surface area contributed by atoms with Crippen molar-refractivity contribution in [3.63, 3.8) is 0 Å². The SMILES string of the molecule is CC(C)c1ccc2[nH]c(C(=O)O)cc2c1. The van der Waals surface area contributed by atoms with Crippen LogP contribution < -0.4 is 0 Å². The Morgan fingerprint density at radius 1 is 1.33 bits per heavy atom. The second-order valence-electron chi connectivity index (χ2n) is 3.99. The summed E-state index contributed by atoms with van der Waals surface area (Å²) in [4.78, 5) is 13.6. The number of hydrogen-bond donors (Lipinski definition) is 2. The maximum absolute atomic E-state index is 10.8. The van der Waals surface area contributed by atoms with E-state index in [1.807, 2.05) is 18.2 Å². The van der Waals surface area contributed by atoms with Gasteiger partial charge in [-0.1, -0.05) is 19.9 Å². The fourth-order valence-corrected chi connectivity index (χ4v) is 1.63. The molecule has 2 rings (SSSR count). The monoisotopic (exact) mass is 203 g/mol. The summed E-state index contributed by atoms with van der Waals surface area (Å²) in [6, 6.07) is 7.65. The van der Waals surface area contributed by atoms with Crippen LogP contribution in [0.3, 0.4) is 0 Å². The number of carboxylic acids is 1. The summed E-state index contributed by atoms with van der Waals surface area (Å²) in [5, 5.41) is 9.79. The Balaban J connectivity index is 2.57. The molecule has 0 aliphatic carbocycles. The standard InChI is InChI=1S/C12H13NO2/c1-7(2)8-3-4-10-9(5-8)6-11(13-10)12(14)15/h3-7,13H,1-2H3,(H,14,15). The number of aromatic nitrogens is 1. The number of fused-ring (bicyclic) bond motifs is 1. The maximum Gasteiger partial charge on any atom is 0.352 e. The third-order valence-corrected chi connectivity index (χ3v) is 2.54. The van der Waals surface area contributed by atoms with Gasteiger partial charge < -0.3 is 10.1 Å². The Morgan fingerprint density at radius 2 is 2.07 bits per heavy atom. The van der Waals surface area contributed by atoms with Crippen molar-refractivity contribution in [1.29, 1.82) is 0 Å². The summed E-state index contributed by atoms with van der Waals surface area (Å²) in [7, 11) is 0. The summed E-state index contributed by atoms with van der Waals surface area (Å²) in [5.41, 5.74) is 2.33. The van der Waals surface area contributed by atoms with Crippen molar-refractivity contribution >= 4 is 16.9 Å². The maximum atomic E-state index is 10.8. The van der Waals surface area contributed by atoms with E-state index in [0.717, 1.165) is 10.9 Å². The van der Waals surface area contributed by atoms with E-state index in [9.17, 15) is 4.79 Å². The highest BCUT2D eigenvalue weighted by Gasteiger charge is 2.08. The molecule has 0 aliphatic heterocycles. The lowest BCUT2D eigenvalue weighted by atomic mass is 10.0. The van der Waals surface area contributed by atoms with E-state index < -0.39 is 5.97 Å². The second-order valence-corrected chi connectivity index (χ2v) is 3.99. The lowest BCUT2D eigenvalue weighted by molar-refractivity contribution is 0.0691. The number of aromatic amines is 1. The minimum atomic E-state index is -0.919. The molecule has 15 heavy (non-hydrogen) atoms. The second kappa shape index (κ2) is 3.42. The molecule has 0 saturated carbocycles. The lowest BCUT2D eigenvalue weighted by Gasteiger charge is -2.03. The molecule has 0 saturated heterocycles. The van der Waals surface area contributed by atoms with Gasteiger partial charge in [-0.3, -0.25) is 0 Å². The van der Waals surface area contributed by atoms with Crippen LogP contribution in [0.2, 0.25) is 0 Å². The predicted octanol–water partition coefficient (Wildman–Crippen LogP) is 2.99.